The first-order valence-electron chi connectivity index (χ1n) is 5.55. The minimum Gasteiger partial charge on any atom is -0.312 e. The molecule has 1 aliphatic rings. The molecule has 1 rings (SSSR count). The minimum absolute atomic E-state index is 0.662. The third-order valence-corrected chi connectivity index (χ3v) is 2.67. The zero-order valence-corrected chi connectivity index (χ0v) is 8.60. The van der Waals surface area contributed by atoms with Gasteiger partial charge in [0, 0.05) is 12.1 Å². The fourth-order valence-corrected chi connectivity index (χ4v) is 2.09. The van der Waals surface area contributed by atoms with E-state index < -0.39 is 0 Å². The second-order valence-corrected chi connectivity index (χ2v) is 4.36. The molecule has 0 aromatic carbocycles. The summed E-state index contributed by atoms with van der Waals surface area (Å²) < 4.78 is 0. The molecule has 0 unspecified atom stereocenters. The largest absolute Gasteiger partial charge is 0.312 e. The molecule has 0 aliphatic heterocycles. The normalized spacial score (nSPS) is 22.2. The van der Waals surface area contributed by atoms with E-state index >= 15 is 0 Å². The van der Waals surface area contributed by atoms with Crippen molar-refractivity contribution in [1.29, 1.82) is 0 Å². The Morgan fingerprint density at radius 2 is 1.42 bits per heavy atom. The molecular weight excluding hydrogens is 146 g/mol. The summed E-state index contributed by atoms with van der Waals surface area (Å²) in [7, 11) is 0. The minimum atomic E-state index is 0.662. The van der Waals surface area contributed by atoms with Crippen molar-refractivity contribution in [3.63, 3.8) is 0 Å². The van der Waals surface area contributed by atoms with Crippen LogP contribution >= 0.6 is 0 Å². The van der Waals surface area contributed by atoms with E-state index in [0.717, 1.165) is 6.04 Å². The van der Waals surface area contributed by atoms with Gasteiger partial charge in [-0.05, 0) is 12.8 Å². The number of nitrogens with one attached hydrogen (secondary N) is 1. The van der Waals surface area contributed by atoms with E-state index in [2.05, 4.69) is 19.2 Å². The lowest BCUT2D eigenvalue weighted by molar-refractivity contribution is 0.368. The molecule has 0 saturated heterocycles. The summed E-state index contributed by atoms with van der Waals surface area (Å²) in [5.74, 6) is 0. The van der Waals surface area contributed by atoms with E-state index in [1.807, 2.05) is 0 Å². The highest BCUT2D eigenvalue weighted by atomic mass is 14.9. The first-order chi connectivity index (χ1) is 5.79. The van der Waals surface area contributed by atoms with E-state index in [-0.39, 0.29) is 0 Å². The lowest BCUT2D eigenvalue weighted by Crippen LogP contribution is -2.35. The van der Waals surface area contributed by atoms with Gasteiger partial charge in [0.1, 0.15) is 0 Å². The van der Waals surface area contributed by atoms with Gasteiger partial charge in [0.2, 0.25) is 0 Å². The van der Waals surface area contributed by atoms with E-state index in [1.165, 1.54) is 44.9 Å². The Morgan fingerprint density at radius 1 is 0.917 bits per heavy atom. The summed E-state index contributed by atoms with van der Waals surface area (Å²) in [6, 6.07) is 1.47. The molecule has 0 amide bonds. The van der Waals surface area contributed by atoms with Crippen LogP contribution in [0.15, 0.2) is 0 Å². The van der Waals surface area contributed by atoms with Crippen LogP contribution in [0.25, 0.3) is 0 Å². The fraction of sp³-hybridized carbons (Fsp3) is 1.00. The predicted molar refractivity (Wildman–Crippen MR) is 54.4 cm³/mol. The van der Waals surface area contributed by atoms with Crippen molar-refractivity contribution in [3.05, 3.63) is 0 Å². The molecule has 0 spiro atoms. The summed E-state index contributed by atoms with van der Waals surface area (Å²) >= 11 is 0. The summed E-state index contributed by atoms with van der Waals surface area (Å²) in [5.41, 5.74) is 0. The maximum absolute atomic E-state index is 3.65. The Morgan fingerprint density at radius 3 is 1.92 bits per heavy atom. The van der Waals surface area contributed by atoms with Gasteiger partial charge in [0.15, 0.2) is 0 Å². The van der Waals surface area contributed by atoms with Crippen LogP contribution in [0.4, 0.5) is 0 Å². The smallest absolute Gasteiger partial charge is 0.00694 e. The van der Waals surface area contributed by atoms with Gasteiger partial charge >= 0.3 is 0 Å². The van der Waals surface area contributed by atoms with Crippen LogP contribution in [0.1, 0.15) is 58.8 Å². The molecule has 0 bridgehead atoms. The summed E-state index contributed by atoms with van der Waals surface area (Å²) in [5, 5.41) is 3.65. The molecular formula is C11H23N. The van der Waals surface area contributed by atoms with Gasteiger partial charge in [-0.2, -0.15) is 0 Å². The molecule has 0 radical (unpaired) electrons. The predicted octanol–water partition coefficient (Wildman–Crippen LogP) is 3.10. The highest BCUT2D eigenvalue weighted by molar-refractivity contribution is 4.71. The van der Waals surface area contributed by atoms with Gasteiger partial charge in [-0.1, -0.05) is 46.0 Å². The molecule has 1 saturated carbocycles. The molecule has 0 heterocycles. The topological polar surface area (TPSA) is 12.0 Å². The summed E-state index contributed by atoms with van der Waals surface area (Å²) in [6.07, 6.45) is 10.0. The maximum atomic E-state index is 3.65. The molecule has 72 valence electrons. The average molecular weight is 169 g/mol. The van der Waals surface area contributed by atoms with Crippen molar-refractivity contribution in [1.82, 2.24) is 5.32 Å². The Balaban J connectivity index is 2.20. The zero-order valence-electron chi connectivity index (χ0n) is 8.60. The highest BCUT2D eigenvalue weighted by Crippen LogP contribution is 2.17. The second kappa shape index (κ2) is 5.58. The van der Waals surface area contributed by atoms with Crippen LogP contribution in [0.3, 0.4) is 0 Å². The van der Waals surface area contributed by atoms with Crippen molar-refractivity contribution in [2.24, 2.45) is 0 Å². The lowest BCUT2D eigenvalue weighted by atomic mass is 9.96. The second-order valence-electron chi connectivity index (χ2n) is 4.36. The molecule has 12 heavy (non-hydrogen) atoms. The molecule has 1 nitrogen and oxygen atoms in total. The van der Waals surface area contributed by atoms with Crippen LogP contribution in [-0.4, -0.2) is 12.1 Å². The van der Waals surface area contributed by atoms with Crippen LogP contribution in [-0.2, 0) is 0 Å². The maximum Gasteiger partial charge on any atom is 0.00694 e. The number of rotatable bonds is 2. The molecule has 1 N–H and O–H groups in total. The molecule has 1 heteroatoms. The monoisotopic (exact) mass is 169 g/mol. The van der Waals surface area contributed by atoms with Gasteiger partial charge in [0.25, 0.3) is 0 Å². The average Bonchev–Trinajstić information content (AvgIpc) is 1.93. The van der Waals surface area contributed by atoms with Gasteiger partial charge in [-0.15, -0.1) is 0 Å². The van der Waals surface area contributed by atoms with Crippen molar-refractivity contribution in [3.8, 4) is 0 Å². The van der Waals surface area contributed by atoms with Gasteiger partial charge in [-0.3, -0.25) is 0 Å². The number of hydrogen-bond acceptors (Lipinski definition) is 1. The highest BCUT2D eigenvalue weighted by Gasteiger charge is 2.10. The van der Waals surface area contributed by atoms with E-state index in [0.29, 0.717) is 6.04 Å². The quantitative estimate of drug-likeness (QED) is 0.670. The van der Waals surface area contributed by atoms with Crippen LogP contribution in [0, 0.1) is 0 Å². The van der Waals surface area contributed by atoms with Crippen molar-refractivity contribution < 1.29 is 0 Å². The van der Waals surface area contributed by atoms with Crippen LogP contribution < -0.4 is 5.32 Å². The Hall–Kier alpha value is -0.0400. The van der Waals surface area contributed by atoms with Crippen LogP contribution in [0.2, 0.25) is 0 Å². The summed E-state index contributed by atoms with van der Waals surface area (Å²) in [6.45, 7) is 4.50. The fourth-order valence-electron chi connectivity index (χ4n) is 2.09. The Labute approximate surface area is 76.9 Å². The lowest BCUT2D eigenvalue weighted by Gasteiger charge is -2.23. The zero-order chi connectivity index (χ0) is 8.81. The third kappa shape index (κ3) is 4.10. The van der Waals surface area contributed by atoms with Crippen molar-refractivity contribution in [2.45, 2.75) is 70.9 Å². The SMILES string of the molecule is CC(C)NC1CCCCCCC1. The van der Waals surface area contributed by atoms with E-state index in [1.54, 1.807) is 0 Å². The molecule has 1 aliphatic carbocycles. The first-order valence-corrected chi connectivity index (χ1v) is 5.55. The molecule has 1 fully saturated rings. The summed E-state index contributed by atoms with van der Waals surface area (Å²) in [4.78, 5) is 0. The van der Waals surface area contributed by atoms with E-state index in [9.17, 15) is 0 Å². The Bertz CT molecular complexity index is 102. The van der Waals surface area contributed by atoms with Gasteiger partial charge in [0.05, 0.1) is 0 Å². The van der Waals surface area contributed by atoms with Crippen molar-refractivity contribution in [2.75, 3.05) is 0 Å². The molecule has 0 aromatic heterocycles. The molecule has 0 atom stereocenters. The van der Waals surface area contributed by atoms with Crippen LogP contribution in [0.5, 0.6) is 0 Å². The molecule has 0 aromatic rings. The standard InChI is InChI=1S/C11H23N/c1-10(2)12-11-8-6-4-3-5-7-9-11/h10-12H,3-9H2,1-2H3. The van der Waals surface area contributed by atoms with E-state index in [4.69, 9.17) is 0 Å². The first kappa shape index (κ1) is 10.0. The Kier molecular flexibility index (Phi) is 4.67. The number of hydrogen-bond donors (Lipinski definition) is 1. The third-order valence-electron chi connectivity index (χ3n) is 2.67. The van der Waals surface area contributed by atoms with Gasteiger partial charge in [-0.25, -0.2) is 0 Å². The van der Waals surface area contributed by atoms with Crippen molar-refractivity contribution >= 4 is 0 Å². The van der Waals surface area contributed by atoms with Gasteiger partial charge < -0.3 is 5.32 Å².